The number of amides is 3. The molecule has 0 aliphatic carbocycles. The number of nitrogens with one attached hydrogen (secondary N) is 4. The molecule has 4 atom stereocenters. The molecule has 0 saturated carbocycles. The van der Waals surface area contributed by atoms with E-state index in [1.54, 1.807) is 13.8 Å². The zero-order chi connectivity index (χ0) is 24.4. The van der Waals surface area contributed by atoms with Gasteiger partial charge in [0.15, 0.2) is 0 Å². The van der Waals surface area contributed by atoms with Crippen LogP contribution in [0.25, 0.3) is 0 Å². The number of aromatic amines is 1. The van der Waals surface area contributed by atoms with Crippen LogP contribution in [0.5, 0.6) is 0 Å². The van der Waals surface area contributed by atoms with E-state index in [1.807, 2.05) is 0 Å². The Morgan fingerprint density at radius 3 is 2.12 bits per heavy atom. The van der Waals surface area contributed by atoms with Gasteiger partial charge < -0.3 is 42.0 Å². The summed E-state index contributed by atoms with van der Waals surface area (Å²) in [6.07, 6.45) is 1.90. The van der Waals surface area contributed by atoms with Gasteiger partial charge in [0, 0.05) is 18.3 Å². The fourth-order valence-corrected chi connectivity index (χ4v) is 2.61. The van der Waals surface area contributed by atoms with Crippen molar-refractivity contribution in [1.29, 1.82) is 0 Å². The standard InChI is InChI=1S/C18H28N6O8/c1-8(2)14(17(30)23-12(18(31)32)4-13(26)27)24-16(29)11(3-9-5-20-7-21-9)22-15(28)10(19)6-25/h5,7-8,10-12,14,25H,3-4,6,19H2,1-2H3,(H,20,21)(H,22,28)(H,23,30)(H,24,29)(H,26,27)(H,31,32). The molecule has 32 heavy (non-hydrogen) atoms. The molecule has 0 radical (unpaired) electrons. The molecule has 1 rings (SSSR count). The van der Waals surface area contributed by atoms with Crippen LogP contribution >= 0.6 is 0 Å². The Morgan fingerprint density at radius 1 is 1.03 bits per heavy atom. The van der Waals surface area contributed by atoms with Gasteiger partial charge in [-0.3, -0.25) is 19.2 Å². The zero-order valence-electron chi connectivity index (χ0n) is 17.6. The van der Waals surface area contributed by atoms with Gasteiger partial charge in [-0.15, -0.1) is 0 Å². The molecule has 3 amide bonds. The number of imidazole rings is 1. The molecule has 14 nitrogen and oxygen atoms in total. The van der Waals surface area contributed by atoms with E-state index in [0.717, 1.165) is 0 Å². The van der Waals surface area contributed by atoms with Gasteiger partial charge in [-0.1, -0.05) is 13.8 Å². The first kappa shape index (κ1) is 26.5. The second kappa shape index (κ2) is 12.4. The van der Waals surface area contributed by atoms with Gasteiger partial charge in [-0.05, 0) is 5.92 Å². The normalized spacial score (nSPS) is 14.7. The van der Waals surface area contributed by atoms with Crippen molar-refractivity contribution in [1.82, 2.24) is 25.9 Å². The first-order chi connectivity index (χ1) is 15.0. The molecule has 14 heteroatoms. The van der Waals surface area contributed by atoms with Crippen molar-refractivity contribution < 1.29 is 39.3 Å². The van der Waals surface area contributed by atoms with Crippen LogP contribution in [-0.4, -0.2) is 85.7 Å². The minimum Gasteiger partial charge on any atom is -0.481 e. The van der Waals surface area contributed by atoms with Gasteiger partial charge in [0.05, 0.1) is 19.4 Å². The fraction of sp³-hybridized carbons (Fsp3) is 0.556. The highest BCUT2D eigenvalue weighted by Gasteiger charge is 2.32. The maximum Gasteiger partial charge on any atom is 0.326 e. The van der Waals surface area contributed by atoms with Crippen molar-refractivity contribution in [2.45, 2.75) is 50.9 Å². The Balaban J connectivity index is 3.00. The first-order valence-electron chi connectivity index (χ1n) is 9.65. The molecule has 0 bridgehead atoms. The third-order valence-corrected chi connectivity index (χ3v) is 4.39. The highest BCUT2D eigenvalue weighted by Crippen LogP contribution is 2.06. The van der Waals surface area contributed by atoms with Gasteiger partial charge >= 0.3 is 11.9 Å². The van der Waals surface area contributed by atoms with Crippen LogP contribution in [0.3, 0.4) is 0 Å². The quantitative estimate of drug-likeness (QED) is 0.149. The number of H-pyrrole nitrogens is 1. The van der Waals surface area contributed by atoms with E-state index in [0.29, 0.717) is 5.69 Å². The molecule has 0 aliphatic heterocycles. The minimum absolute atomic E-state index is 0.0427. The summed E-state index contributed by atoms with van der Waals surface area (Å²) in [5.74, 6) is -5.97. The number of aliphatic hydroxyl groups excluding tert-OH is 1. The second-order valence-corrected chi connectivity index (χ2v) is 7.36. The van der Waals surface area contributed by atoms with Gasteiger partial charge in [0.2, 0.25) is 17.7 Å². The van der Waals surface area contributed by atoms with E-state index in [1.165, 1.54) is 12.5 Å². The fourth-order valence-electron chi connectivity index (χ4n) is 2.61. The number of nitrogens with two attached hydrogens (primary N) is 1. The molecule has 9 N–H and O–H groups in total. The van der Waals surface area contributed by atoms with E-state index in [-0.39, 0.29) is 6.42 Å². The van der Waals surface area contributed by atoms with Crippen LogP contribution in [0, 0.1) is 5.92 Å². The van der Waals surface area contributed by atoms with Crippen LogP contribution in [-0.2, 0) is 30.4 Å². The third-order valence-electron chi connectivity index (χ3n) is 4.39. The Kier molecular flexibility index (Phi) is 10.2. The van der Waals surface area contributed by atoms with Gasteiger partial charge in [-0.25, -0.2) is 9.78 Å². The van der Waals surface area contributed by atoms with Crippen molar-refractivity contribution >= 4 is 29.7 Å². The maximum absolute atomic E-state index is 12.9. The van der Waals surface area contributed by atoms with Crippen molar-refractivity contribution in [3.63, 3.8) is 0 Å². The topological polar surface area (TPSA) is 237 Å². The number of carboxylic acid groups (broad SMARTS) is 2. The smallest absolute Gasteiger partial charge is 0.326 e. The number of nitrogens with zero attached hydrogens (tertiary/aromatic N) is 1. The SMILES string of the molecule is CC(C)C(NC(=O)C(Cc1cnc[nH]1)NC(=O)C(N)CO)C(=O)NC(CC(=O)O)C(=O)O. The lowest BCUT2D eigenvalue weighted by molar-refractivity contribution is -0.147. The summed E-state index contributed by atoms with van der Waals surface area (Å²) < 4.78 is 0. The Labute approximate surface area is 183 Å². The van der Waals surface area contributed by atoms with Crippen LogP contribution in [0.15, 0.2) is 12.5 Å². The summed E-state index contributed by atoms with van der Waals surface area (Å²) in [5, 5.41) is 33.9. The summed E-state index contributed by atoms with van der Waals surface area (Å²) in [6, 6.07) is -5.40. The number of hydrogen-bond acceptors (Lipinski definition) is 8. The zero-order valence-corrected chi connectivity index (χ0v) is 17.6. The molecule has 0 fully saturated rings. The first-order valence-corrected chi connectivity index (χ1v) is 9.65. The predicted molar refractivity (Wildman–Crippen MR) is 108 cm³/mol. The summed E-state index contributed by atoms with van der Waals surface area (Å²) in [7, 11) is 0. The largest absolute Gasteiger partial charge is 0.481 e. The van der Waals surface area contributed by atoms with E-state index < -0.39 is 72.8 Å². The Morgan fingerprint density at radius 2 is 1.66 bits per heavy atom. The average molecular weight is 456 g/mol. The molecule has 178 valence electrons. The Hall–Kier alpha value is -3.52. The summed E-state index contributed by atoms with van der Waals surface area (Å²) >= 11 is 0. The van der Waals surface area contributed by atoms with Crippen molar-refractivity contribution in [2.75, 3.05) is 6.61 Å². The number of carboxylic acids is 2. The van der Waals surface area contributed by atoms with Gasteiger partial charge in [-0.2, -0.15) is 0 Å². The Bertz CT molecular complexity index is 812. The lowest BCUT2D eigenvalue weighted by Crippen LogP contribution is -2.59. The predicted octanol–water partition coefficient (Wildman–Crippen LogP) is -3.06. The van der Waals surface area contributed by atoms with E-state index in [9.17, 15) is 24.0 Å². The van der Waals surface area contributed by atoms with Crippen LogP contribution in [0.2, 0.25) is 0 Å². The van der Waals surface area contributed by atoms with Gasteiger partial charge in [0.25, 0.3) is 0 Å². The van der Waals surface area contributed by atoms with Crippen LogP contribution in [0.4, 0.5) is 0 Å². The molecule has 0 aliphatic rings. The summed E-state index contributed by atoms with van der Waals surface area (Å²) in [6.45, 7) is 2.52. The molecule has 0 aromatic carbocycles. The van der Waals surface area contributed by atoms with Crippen molar-refractivity contribution in [3.8, 4) is 0 Å². The van der Waals surface area contributed by atoms with Crippen LogP contribution in [0.1, 0.15) is 26.0 Å². The maximum atomic E-state index is 12.9. The molecule has 4 unspecified atom stereocenters. The molecule has 1 heterocycles. The summed E-state index contributed by atoms with van der Waals surface area (Å²) in [5.41, 5.74) is 5.96. The lowest BCUT2D eigenvalue weighted by Gasteiger charge is -2.26. The number of aromatic nitrogens is 2. The lowest BCUT2D eigenvalue weighted by atomic mass is 10.0. The molecule has 0 saturated heterocycles. The average Bonchev–Trinajstić information content (AvgIpc) is 3.22. The number of aliphatic hydroxyl groups is 1. The number of carbonyl (C=O) groups is 5. The van der Waals surface area contributed by atoms with Crippen molar-refractivity contribution in [3.05, 3.63) is 18.2 Å². The highest BCUT2D eigenvalue weighted by molar-refractivity contribution is 5.94. The molecular weight excluding hydrogens is 428 g/mol. The monoisotopic (exact) mass is 456 g/mol. The number of hydrogen-bond donors (Lipinski definition) is 8. The van der Waals surface area contributed by atoms with E-state index in [4.69, 9.17) is 21.1 Å². The number of carbonyl (C=O) groups excluding carboxylic acids is 3. The van der Waals surface area contributed by atoms with Crippen LogP contribution < -0.4 is 21.7 Å². The van der Waals surface area contributed by atoms with Gasteiger partial charge in [0.1, 0.15) is 24.2 Å². The molecule has 0 spiro atoms. The number of aliphatic carboxylic acids is 2. The van der Waals surface area contributed by atoms with Crippen molar-refractivity contribution in [2.24, 2.45) is 11.7 Å². The third kappa shape index (κ3) is 8.31. The number of rotatable bonds is 13. The summed E-state index contributed by atoms with van der Waals surface area (Å²) in [4.78, 5) is 66.2. The second-order valence-electron chi connectivity index (χ2n) is 7.36. The van der Waals surface area contributed by atoms with E-state index in [2.05, 4.69) is 25.9 Å². The molecule has 1 aromatic rings. The van der Waals surface area contributed by atoms with E-state index >= 15 is 0 Å². The highest BCUT2D eigenvalue weighted by atomic mass is 16.4. The molecule has 1 aromatic heterocycles. The molecular formula is C18H28N6O8. The minimum atomic E-state index is -1.69.